The van der Waals surface area contributed by atoms with Crippen LogP contribution in [0, 0.1) is 5.41 Å². The molecule has 1 aliphatic heterocycles. The molecule has 1 aliphatic rings. The number of hydrogen-bond donors (Lipinski definition) is 1. The van der Waals surface area contributed by atoms with E-state index >= 15 is 0 Å². The molecule has 4 heteroatoms. The van der Waals surface area contributed by atoms with Gasteiger partial charge in [-0.1, -0.05) is 75.4 Å². The second kappa shape index (κ2) is 9.76. The van der Waals surface area contributed by atoms with Crippen molar-refractivity contribution in [2.75, 3.05) is 26.7 Å². The van der Waals surface area contributed by atoms with E-state index in [0.717, 1.165) is 36.2 Å². The second-order valence-corrected chi connectivity index (χ2v) is 10.1. The summed E-state index contributed by atoms with van der Waals surface area (Å²) in [6, 6.07) is 20.8. The van der Waals surface area contributed by atoms with E-state index in [1.165, 1.54) is 11.1 Å². The molecule has 2 aromatic carbocycles. The van der Waals surface area contributed by atoms with Crippen LogP contribution in [-0.4, -0.2) is 41.7 Å². The summed E-state index contributed by atoms with van der Waals surface area (Å²) in [5.74, 6) is 0.457. The average Bonchev–Trinajstić information content (AvgIpc) is 2.81. The zero-order valence-corrected chi connectivity index (χ0v) is 20.3. The molecule has 1 saturated heterocycles. The molecule has 0 bridgehead atoms. The third-order valence-corrected chi connectivity index (χ3v) is 6.97. The highest BCUT2D eigenvalue weighted by Crippen LogP contribution is 2.50. The molecule has 0 amide bonds. The molecule has 33 heavy (non-hydrogen) atoms. The lowest BCUT2D eigenvalue weighted by atomic mass is 9.62. The number of aliphatic hydroxyl groups is 1. The van der Waals surface area contributed by atoms with Gasteiger partial charge in [0.25, 0.3) is 0 Å². The van der Waals surface area contributed by atoms with Crippen LogP contribution in [0.25, 0.3) is 0 Å². The molecule has 3 aromatic rings. The van der Waals surface area contributed by atoms with E-state index in [1.54, 1.807) is 0 Å². The molecule has 1 atom stereocenters. The Morgan fingerprint density at radius 2 is 1.70 bits per heavy atom. The van der Waals surface area contributed by atoms with Gasteiger partial charge in [0.05, 0.1) is 13.2 Å². The molecule has 1 fully saturated rings. The number of pyridine rings is 1. The van der Waals surface area contributed by atoms with Crippen molar-refractivity contribution in [2.24, 2.45) is 5.41 Å². The third kappa shape index (κ3) is 4.89. The molecule has 0 spiro atoms. The van der Waals surface area contributed by atoms with Gasteiger partial charge >= 0.3 is 0 Å². The Hall–Kier alpha value is -2.53. The van der Waals surface area contributed by atoms with Crippen molar-refractivity contribution in [2.45, 2.75) is 45.3 Å². The molecule has 4 rings (SSSR count). The van der Waals surface area contributed by atoms with E-state index in [1.807, 2.05) is 30.6 Å². The van der Waals surface area contributed by atoms with Crippen LogP contribution in [-0.2, 0) is 23.4 Å². The van der Waals surface area contributed by atoms with Crippen molar-refractivity contribution in [1.82, 2.24) is 9.88 Å². The van der Waals surface area contributed by atoms with Crippen LogP contribution in [0.5, 0.6) is 0 Å². The molecule has 4 nitrogen and oxygen atoms in total. The molecule has 0 saturated carbocycles. The normalized spacial score (nSPS) is 17.5. The van der Waals surface area contributed by atoms with Gasteiger partial charge in [0.1, 0.15) is 5.60 Å². The minimum absolute atomic E-state index is 0.286. The van der Waals surface area contributed by atoms with Crippen LogP contribution in [0.2, 0.25) is 0 Å². The summed E-state index contributed by atoms with van der Waals surface area (Å²) in [6.07, 6.45) is 4.47. The summed E-state index contributed by atoms with van der Waals surface area (Å²) < 4.78 is 5.89. The van der Waals surface area contributed by atoms with Crippen molar-refractivity contribution in [1.29, 1.82) is 0 Å². The highest BCUT2D eigenvalue weighted by atomic mass is 16.5. The second-order valence-electron chi connectivity index (χ2n) is 10.1. The monoisotopic (exact) mass is 444 g/mol. The summed E-state index contributed by atoms with van der Waals surface area (Å²) in [5.41, 5.74) is 3.92. The van der Waals surface area contributed by atoms with E-state index in [0.29, 0.717) is 19.1 Å². The number of likely N-dealkylation sites (tertiary alicyclic amines) is 1. The Morgan fingerprint density at radius 1 is 1.00 bits per heavy atom. The van der Waals surface area contributed by atoms with Crippen molar-refractivity contribution in [3.05, 3.63) is 101 Å². The van der Waals surface area contributed by atoms with Crippen LogP contribution in [0.4, 0.5) is 0 Å². The van der Waals surface area contributed by atoms with Gasteiger partial charge in [-0.15, -0.1) is 0 Å². The van der Waals surface area contributed by atoms with E-state index in [-0.39, 0.29) is 5.41 Å². The molecular weight excluding hydrogens is 408 g/mol. The van der Waals surface area contributed by atoms with E-state index in [2.05, 4.69) is 80.2 Å². The quantitative estimate of drug-likeness (QED) is 0.464. The summed E-state index contributed by atoms with van der Waals surface area (Å²) >= 11 is 0. The van der Waals surface area contributed by atoms with Gasteiger partial charge in [0, 0.05) is 36.5 Å². The summed E-state index contributed by atoms with van der Waals surface area (Å²) in [5, 5.41) is 12.3. The van der Waals surface area contributed by atoms with Crippen LogP contribution in [0.1, 0.15) is 54.5 Å². The first-order chi connectivity index (χ1) is 15.8. The van der Waals surface area contributed by atoms with Crippen molar-refractivity contribution in [3.63, 3.8) is 0 Å². The molecule has 174 valence electrons. The maximum atomic E-state index is 12.3. The first-order valence-corrected chi connectivity index (χ1v) is 11.9. The SMILES string of the molecule is CC(C)c1ccc([C@](O)(c2cncc(CCOCc3ccccc3)c2)C2(C)CN(C)C2)cc1. The fourth-order valence-corrected chi connectivity index (χ4v) is 5.12. The highest BCUT2D eigenvalue weighted by Gasteiger charge is 2.55. The zero-order valence-electron chi connectivity index (χ0n) is 20.3. The number of benzene rings is 2. The summed E-state index contributed by atoms with van der Waals surface area (Å²) in [4.78, 5) is 6.77. The van der Waals surface area contributed by atoms with Gasteiger partial charge in [-0.25, -0.2) is 0 Å². The van der Waals surface area contributed by atoms with Crippen LogP contribution < -0.4 is 0 Å². The van der Waals surface area contributed by atoms with Crippen molar-refractivity contribution < 1.29 is 9.84 Å². The predicted octanol–water partition coefficient (Wildman–Crippen LogP) is 5.15. The van der Waals surface area contributed by atoms with E-state index in [4.69, 9.17) is 4.74 Å². The van der Waals surface area contributed by atoms with Gasteiger partial charge in [0.2, 0.25) is 0 Å². The number of hydrogen-bond acceptors (Lipinski definition) is 4. The zero-order chi connectivity index (χ0) is 23.5. The molecule has 0 aliphatic carbocycles. The Kier molecular flexibility index (Phi) is 6.99. The van der Waals surface area contributed by atoms with Gasteiger partial charge < -0.3 is 14.7 Å². The number of rotatable bonds is 9. The third-order valence-electron chi connectivity index (χ3n) is 6.97. The first kappa shape index (κ1) is 23.6. The van der Waals surface area contributed by atoms with Gasteiger partial charge in [-0.05, 0) is 47.7 Å². The first-order valence-electron chi connectivity index (χ1n) is 11.9. The standard InChI is InChI=1S/C29H36N2O2/c1-22(2)25-10-12-26(13-11-25)29(32,28(3)20-31(4)21-28)27-16-24(17-30-18-27)14-15-33-19-23-8-6-5-7-9-23/h5-13,16-18,22,32H,14-15,19-21H2,1-4H3/t29-/m0/s1. The number of aromatic nitrogens is 1. The fourth-order valence-electron chi connectivity index (χ4n) is 5.12. The lowest BCUT2D eigenvalue weighted by molar-refractivity contribution is -0.127. The highest BCUT2D eigenvalue weighted by molar-refractivity contribution is 5.42. The number of nitrogens with zero attached hydrogens (tertiary/aromatic N) is 2. The summed E-state index contributed by atoms with van der Waals surface area (Å²) in [7, 11) is 2.10. The Bertz CT molecular complexity index is 1040. The molecule has 1 aromatic heterocycles. The molecule has 0 radical (unpaired) electrons. The maximum Gasteiger partial charge on any atom is 0.124 e. The Balaban J connectivity index is 1.56. The fraction of sp³-hybridized carbons (Fsp3) is 0.414. The van der Waals surface area contributed by atoms with Gasteiger partial charge in [0.15, 0.2) is 0 Å². The summed E-state index contributed by atoms with van der Waals surface area (Å²) in [6.45, 7) is 9.44. The van der Waals surface area contributed by atoms with Crippen molar-refractivity contribution >= 4 is 0 Å². The molecule has 0 unspecified atom stereocenters. The maximum absolute atomic E-state index is 12.3. The number of ether oxygens (including phenoxy) is 1. The van der Waals surface area contributed by atoms with Crippen LogP contribution in [0.15, 0.2) is 73.1 Å². The van der Waals surface area contributed by atoms with E-state index in [9.17, 15) is 5.11 Å². The minimum Gasteiger partial charge on any atom is -0.380 e. The van der Waals surface area contributed by atoms with E-state index < -0.39 is 5.60 Å². The largest absolute Gasteiger partial charge is 0.380 e. The Labute approximate surface area is 198 Å². The van der Waals surface area contributed by atoms with Gasteiger partial charge in [-0.2, -0.15) is 0 Å². The molecule has 1 N–H and O–H groups in total. The lowest BCUT2D eigenvalue weighted by Crippen LogP contribution is -2.63. The average molecular weight is 445 g/mol. The predicted molar refractivity (Wildman–Crippen MR) is 133 cm³/mol. The van der Waals surface area contributed by atoms with Crippen molar-refractivity contribution in [3.8, 4) is 0 Å². The lowest BCUT2D eigenvalue weighted by Gasteiger charge is -2.56. The molecule has 2 heterocycles. The van der Waals surface area contributed by atoms with Crippen LogP contribution in [0.3, 0.4) is 0 Å². The Morgan fingerprint density at radius 3 is 2.33 bits per heavy atom. The molecular formula is C29H36N2O2. The smallest absolute Gasteiger partial charge is 0.124 e. The topological polar surface area (TPSA) is 45.6 Å². The van der Waals surface area contributed by atoms with Crippen LogP contribution >= 0.6 is 0 Å². The minimum atomic E-state index is -1.11. The van der Waals surface area contributed by atoms with Gasteiger partial charge in [-0.3, -0.25) is 4.98 Å².